The van der Waals surface area contributed by atoms with Gasteiger partial charge in [0.2, 0.25) is 0 Å². The zero-order chi connectivity index (χ0) is 20.2. The summed E-state index contributed by atoms with van der Waals surface area (Å²) in [5, 5.41) is 9.59. The first kappa shape index (κ1) is 19.1. The third-order valence-electron chi connectivity index (χ3n) is 4.51. The summed E-state index contributed by atoms with van der Waals surface area (Å²) in [6.07, 6.45) is 3.47. The maximum Gasteiger partial charge on any atom is 0.196 e. The lowest BCUT2D eigenvalue weighted by Gasteiger charge is -2.13. The van der Waals surface area contributed by atoms with E-state index in [4.69, 9.17) is 4.74 Å². The molecule has 0 atom stereocenters. The van der Waals surface area contributed by atoms with Crippen LogP contribution in [-0.2, 0) is 5.75 Å². The summed E-state index contributed by atoms with van der Waals surface area (Å²) in [5.41, 5.74) is 3.89. The molecule has 4 rings (SSSR count). The van der Waals surface area contributed by atoms with Gasteiger partial charge in [0.15, 0.2) is 22.5 Å². The van der Waals surface area contributed by atoms with Crippen molar-refractivity contribution in [3.05, 3.63) is 83.9 Å². The fourth-order valence-corrected chi connectivity index (χ4v) is 3.92. The number of pyridine rings is 1. The first-order chi connectivity index (χ1) is 14.2. The number of benzene rings is 2. The largest absolute Gasteiger partial charge is 0.494 e. The summed E-state index contributed by atoms with van der Waals surface area (Å²) < 4.78 is 21.1. The second-order valence-electron chi connectivity index (χ2n) is 6.42. The Morgan fingerprint density at radius 1 is 1.03 bits per heavy atom. The van der Waals surface area contributed by atoms with Crippen molar-refractivity contribution >= 4 is 11.8 Å². The molecule has 4 aromatic rings. The number of rotatable bonds is 6. The van der Waals surface area contributed by atoms with Crippen LogP contribution in [0, 0.1) is 12.7 Å². The number of hydrogen-bond acceptors (Lipinski definition) is 5. The van der Waals surface area contributed by atoms with Gasteiger partial charge < -0.3 is 4.74 Å². The molecule has 0 saturated carbocycles. The molecule has 29 heavy (non-hydrogen) atoms. The van der Waals surface area contributed by atoms with Gasteiger partial charge in [0.1, 0.15) is 0 Å². The molecule has 0 aliphatic carbocycles. The molecule has 0 amide bonds. The van der Waals surface area contributed by atoms with Crippen molar-refractivity contribution in [3.63, 3.8) is 0 Å². The minimum absolute atomic E-state index is 0.238. The number of ether oxygens (including phenoxy) is 1. The number of aryl methyl sites for hydroxylation is 1. The molecular weight excluding hydrogens is 387 g/mol. The quantitative estimate of drug-likeness (QED) is 0.418. The third-order valence-corrected chi connectivity index (χ3v) is 5.51. The summed E-state index contributed by atoms with van der Waals surface area (Å²) in [4.78, 5) is 4.09. The highest BCUT2D eigenvalue weighted by molar-refractivity contribution is 7.98. The molecule has 2 aromatic heterocycles. The highest BCUT2D eigenvalue weighted by Crippen LogP contribution is 2.31. The second-order valence-corrected chi connectivity index (χ2v) is 7.36. The van der Waals surface area contributed by atoms with Gasteiger partial charge in [0.05, 0.1) is 12.8 Å². The van der Waals surface area contributed by atoms with Gasteiger partial charge in [-0.3, -0.25) is 9.55 Å². The molecule has 0 spiro atoms. The number of methoxy groups -OCH3 is 1. The number of thioether (sulfide) groups is 1. The van der Waals surface area contributed by atoms with Crippen molar-refractivity contribution in [1.82, 2.24) is 19.7 Å². The summed E-state index contributed by atoms with van der Waals surface area (Å²) >= 11 is 1.51. The first-order valence-electron chi connectivity index (χ1n) is 9.04. The van der Waals surface area contributed by atoms with Crippen LogP contribution in [0.5, 0.6) is 5.75 Å². The minimum Gasteiger partial charge on any atom is -0.494 e. The van der Waals surface area contributed by atoms with Crippen LogP contribution in [0.15, 0.2) is 72.1 Å². The number of nitrogens with zero attached hydrogens (tertiary/aromatic N) is 4. The molecule has 0 bridgehead atoms. The number of halogens is 1. The van der Waals surface area contributed by atoms with Crippen molar-refractivity contribution in [1.29, 1.82) is 0 Å². The van der Waals surface area contributed by atoms with Crippen molar-refractivity contribution < 1.29 is 9.13 Å². The monoisotopic (exact) mass is 406 g/mol. The average molecular weight is 406 g/mol. The highest BCUT2D eigenvalue weighted by atomic mass is 32.2. The molecular formula is C22H19FN4OS. The molecule has 0 radical (unpaired) electrons. The number of para-hydroxylation sites is 1. The highest BCUT2D eigenvalue weighted by Gasteiger charge is 2.17. The lowest BCUT2D eigenvalue weighted by Crippen LogP contribution is -2.02. The van der Waals surface area contributed by atoms with Gasteiger partial charge in [-0.1, -0.05) is 36.0 Å². The van der Waals surface area contributed by atoms with E-state index in [0.29, 0.717) is 5.75 Å². The summed E-state index contributed by atoms with van der Waals surface area (Å²) in [7, 11) is 1.46. The van der Waals surface area contributed by atoms with Crippen LogP contribution in [0.3, 0.4) is 0 Å². The Balaban J connectivity index is 1.71. The molecule has 7 heteroatoms. The molecule has 2 heterocycles. The maximum atomic E-state index is 14.0. The van der Waals surface area contributed by atoms with E-state index in [2.05, 4.69) is 28.2 Å². The second kappa shape index (κ2) is 8.45. The third kappa shape index (κ3) is 4.00. The Labute approximate surface area is 172 Å². The summed E-state index contributed by atoms with van der Waals surface area (Å²) in [5.74, 6) is 1.16. The zero-order valence-electron chi connectivity index (χ0n) is 16.0. The molecule has 0 unspecified atom stereocenters. The molecule has 0 aliphatic rings. The Bertz CT molecular complexity index is 1130. The van der Waals surface area contributed by atoms with Crippen LogP contribution < -0.4 is 4.74 Å². The van der Waals surface area contributed by atoms with E-state index in [1.165, 1.54) is 24.9 Å². The molecule has 0 N–H and O–H groups in total. The Morgan fingerprint density at radius 2 is 1.83 bits per heavy atom. The van der Waals surface area contributed by atoms with Gasteiger partial charge in [-0.25, -0.2) is 4.39 Å². The first-order valence-corrected chi connectivity index (χ1v) is 10.0. The van der Waals surface area contributed by atoms with Crippen LogP contribution in [-0.4, -0.2) is 26.9 Å². The normalized spacial score (nSPS) is 10.9. The van der Waals surface area contributed by atoms with Crippen molar-refractivity contribution in [2.24, 2.45) is 0 Å². The summed E-state index contributed by atoms with van der Waals surface area (Å²) in [6, 6.07) is 16.9. The van der Waals surface area contributed by atoms with E-state index in [1.807, 2.05) is 41.0 Å². The van der Waals surface area contributed by atoms with Gasteiger partial charge in [-0.05, 0) is 48.4 Å². The SMILES string of the molecule is COc1ccc(CSc2nnc(-c3ccncc3)n2-c2ccccc2C)cc1F. The Kier molecular flexibility index (Phi) is 5.57. The Morgan fingerprint density at radius 3 is 2.55 bits per heavy atom. The van der Waals surface area contributed by atoms with Crippen LogP contribution in [0.1, 0.15) is 11.1 Å². The van der Waals surface area contributed by atoms with E-state index < -0.39 is 0 Å². The number of hydrogen-bond donors (Lipinski definition) is 0. The van der Waals surface area contributed by atoms with Crippen LogP contribution in [0.4, 0.5) is 4.39 Å². The van der Waals surface area contributed by atoms with E-state index >= 15 is 0 Å². The van der Waals surface area contributed by atoms with E-state index in [9.17, 15) is 4.39 Å². The molecule has 0 fully saturated rings. The standard InChI is InChI=1S/C22H19FN4OS/c1-15-5-3-4-6-19(15)27-21(17-9-11-24-12-10-17)25-26-22(27)29-14-16-7-8-20(28-2)18(23)13-16/h3-13H,14H2,1-2H3. The van der Waals surface area contributed by atoms with E-state index in [0.717, 1.165) is 33.4 Å². The van der Waals surface area contributed by atoms with Gasteiger partial charge in [-0.15, -0.1) is 10.2 Å². The summed E-state index contributed by atoms with van der Waals surface area (Å²) in [6.45, 7) is 2.05. The Hall–Kier alpha value is -3.19. The van der Waals surface area contributed by atoms with E-state index in [1.54, 1.807) is 18.5 Å². The molecule has 0 aliphatic heterocycles. The maximum absolute atomic E-state index is 14.0. The van der Waals surface area contributed by atoms with Gasteiger partial charge in [0.25, 0.3) is 0 Å². The van der Waals surface area contributed by atoms with Crippen molar-refractivity contribution in [2.75, 3.05) is 7.11 Å². The van der Waals surface area contributed by atoms with E-state index in [-0.39, 0.29) is 11.6 Å². The van der Waals surface area contributed by atoms with Crippen molar-refractivity contribution in [2.45, 2.75) is 17.8 Å². The predicted octanol–water partition coefficient (Wildman–Crippen LogP) is 5.08. The molecule has 2 aromatic carbocycles. The van der Waals surface area contributed by atoms with Gasteiger partial charge in [0, 0.05) is 23.7 Å². The lowest BCUT2D eigenvalue weighted by molar-refractivity contribution is 0.386. The fourth-order valence-electron chi connectivity index (χ4n) is 3.03. The average Bonchev–Trinajstić information content (AvgIpc) is 3.17. The van der Waals surface area contributed by atoms with Crippen molar-refractivity contribution in [3.8, 4) is 22.8 Å². The minimum atomic E-state index is -0.372. The smallest absolute Gasteiger partial charge is 0.196 e. The van der Waals surface area contributed by atoms with Gasteiger partial charge in [-0.2, -0.15) is 0 Å². The fraction of sp³-hybridized carbons (Fsp3) is 0.136. The predicted molar refractivity (Wildman–Crippen MR) is 112 cm³/mol. The lowest BCUT2D eigenvalue weighted by atomic mass is 10.2. The van der Waals surface area contributed by atoms with Gasteiger partial charge >= 0.3 is 0 Å². The topological polar surface area (TPSA) is 52.8 Å². The molecule has 5 nitrogen and oxygen atoms in total. The molecule has 0 saturated heterocycles. The molecule has 146 valence electrons. The van der Waals surface area contributed by atoms with Crippen LogP contribution in [0.25, 0.3) is 17.1 Å². The van der Waals surface area contributed by atoms with Crippen LogP contribution in [0.2, 0.25) is 0 Å². The zero-order valence-corrected chi connectivity index (χ0v) is 16.9. The number of aromatic nitrogens is 4. The van der Waals surface area contributed by atoms with Crippen LogP contribution >= 0.6 is 11.8 Å².